The number of nitrogens with zero attached hydrogens (tertiary/aromatic N) is 6. The van der Waals surface area contributed by atoms with E-state index < -0.39 is 17.3 Å². The highest BCUT2D eigenvalue weighted by Gasteiger charge is 2.32. The van der Waals surface area contributed by atoms with Gasteiger partial charge in [-0.2, -0.15) is 4.68 Å². The van der Waals surface area contributed by atoms with Gasteiger partial charge >= 0.3 is 0 Å². The van der Waals surface area contributed by atoms with E-state index in [0.717, 1.165) is 45.5 Å². The Labute approximate surface area is 257 Å². The van der Waals surface area contributed by atoms with Crippen molar-refractivity contribution in [3.8, 4) is 16.1 Å². The molecular formula is C33H30FN7O2S. The molecule has 0 spiro atoms. The fourth-order valence-electron chi connectivity index (χ4n) is 5.69. The Bertz CT molecular complexity index is 1990. The van der Waals surface area contributed by atoms with Gasteiger partial charge in [0.15, 0.2) is 5.65 Å². The maximum absolute atomic E-state index is 15.8. The van der Waals surface area contributed by atoms with Crippen LogP contribution in [0.2, 0.25) is 0 Å². The van der Waals surface area contributed by atoms with Crippen molar-refractivity contribution in [2.75, 3.05) is 18.0 Å². The Morgan fingerprint density at radius 2 is 1.93 bits per heavy atom. The van der Waals surface area contributed by atoms with Crippen LogP contribution < -0.4 is 10.2 Å². The van der Waals surface area contributed by atoms with Gasteiger partial charge in [-0.3, -0.25) is 9.69 Å². The molecule has 11 heteroatoms. The van der Waals surface area contributed by atoms with Crippen LogP contribution in [-0.4, -0.2) is 55.1 Å². The van der Waals surface area contributed by atoms with Crippen LogP contribution in [0.1, 0.15) is 42.6 Å². The van der Waals surface area contributed by atoms with Crippen molar-refractivity contribution < 1.29 is 14.3 Å². The largest absolute Gasteiger partial charge is 0.386 e. The number of amides is 1. The minimum absolute atomic E-state index is 0.0480. The zero-order valence-corrected chi connectivity index (χ0v) is 25.1. The lowest BCUT2D eigenvalue weighted by Crippen LogP contribution is -2.49. The second-order valence-corrected chi connectivity index (χ2v) is 12.6. The number of pyridine rings is 2. The molecular weight excluding hydrogens is 577 g/mol. The second kappa shape index (κ2) is 11.2. The molecule has 0 radical (unpaired) electrons. The molecule has 1 fully saturated rings. The summed E-state index contributed by atoms with van der Waals surface area (Å²) in [4.78, 5) is 26.0. The number of nitrogens with one attached hydrogen (secondary N) is 1. The lowest BCUT2D eigenvalue weighted by Gasteiger charge is -2.34. The van der Waals surface area contributed by atoms with E-state index in [9.17, 15) is 9.90 Å². The van der Waals surface area contributed by atoms with E-state index in [1.165, 1.54) is 16.8 Å². The maximum Gasteiger partial charge on any atom is 0.262 e. The first-order chi connectivity index (χ1) is 21.3. The molecule has 1 amide bonds. The molecule has 0 bridgehead atoms. The van der Waals surface area contributed by atoms with Crippen molar-refractivity contribution in [2.45, 2.75) is 38.3 Å². The number of hydrogen-bond acceptors (Lipinski definition) is 8. The molecule has 0 unspecified atom stereocenters. The molecule has 1 saturated heterocycles. The van der Waals surface area contributed by atoms with Crippen LogP contribution in [0.5, 0.6) is 0 Å². The standard InChI is InChI=1S/C33H30FN7O2S/c1-33(2,43)21-9-7-20(8-10-21)29-18-25-28(44-29)13-16-37-30(25)40(23-5-3-14-35-19-23)32(42)24-12-11-22(17-26(24)34)41-31-27(38-39-41)6-4-15-36-31/h4,6-13,15-18,23,35,43H,3,5,14,19H2,1-2H3/t23-/m1/s1. The molecule has 2 N–H and O–H groups in total. The van der Waals surface area contributed by atoms with Crippen LogP contribution in [0.3, 0.4) is 0 Å². The molecule has 44 heavy (non-hydrogen) atoms. The SMILES string of the molecule is CC(C)(O)c1ccc(-c2cc3c(N(C(=O)c4ccc(-n5nnc6cccnc65)cc4F)[C@@H]4CCCNC4)nccc3s2)cc1. The fraction of sp³-hybridized carbons (Fsp3) is 0.242. The van der Waals surface area contributed by atoms with Crippen LogP contribution in [0.4, 0.5) is 10.2 Å². The minimum Gasteiger partial charge on any atom is -0.386 e. The smallest absolute Gasteiger partial charge is 0.262 e. The summed E-state index contributed by atoms with van der Waals surface area (Å²) >= 11 is 1.60. The van der Waals surface area contributed by atoms with Gasteiger partial charge in [0.25, 0.3) is 5.91 Å². The van der Waals surface area contributed by atoms with Crippen LogP contribution in [0.25, 0.3) is 37.4 Å². The van der Waals surface area contributed by atoms with Crippen molar-refractivity contribution in [2.24, 2.45) is 0 Å². The van der Waals surface area contributed by atoms with Crippen molar-refractivity contribution in [1.82, 2.24) is 30.3 Å². The number of thiophene rings is 1. The summed E-state index contributed by atoms with van der Waals surface area (Å²) in [5.74, 6) is -0.607. The molecule has 7 rings (SSSR count). The van der Waals surface area contributed by atoms with Crippen molar-refractivity contribution in [1.29, 1.82) is 0 Å². The van der Waals surface area contributed by atoms with E-state index in [4.69, 9.17) is 4.98 Å². The zero-order chi connectivity index (χ0) is 30.4. The normalized spacial score (nSPS) is 15.6. The summed E-state index contributed by atoms with van der Waals surface area (Å²) in [5.41, 5.74) is 2.36. The molecule has 5 heterocycles. The Hall–Kier alpha value is -4.58. The molecule has 4 aromatic heterocycles. The number of piperidine rings is 1. The van der Waals surface area contributed by atoms with Gasteiger partial charge in [0.05, 0.1) is 22.9 Å². The number of benzene rings is 2. The summed E-state index contributed by atoms with van der Waals surface area (Å²) < 4.78 is 18.2. The van der Waals surface area contributed by atoms with Gasteiger partial charge in [-0.15, -0.1) is 16.4 Å². The Morgan fingerprint density at radius 3 is 2.68 bits per heavy atom. The maximum atomic E-state index is 15.8. The quantitative estimate of drug-likeness (QED) is 0.244. The molecule has 9 nitrogen and oxygen atoms in total. The first kappa shape index (κ1) is 28.2. The first-order valence-electron chi connectivity index (χ1n) is 14.5. The summed E-state index contributed by atoms with van der Waals surface area (Å²) in [6.45, 7) is 4.96. The van der Waals surface area contributed by atoms with Gasteiger partial charge in [-0.05, 0) is 80.8 Å². The molecule has 222 valence electrons. The Kier molecular flexibility index (Phi) is 7.16. The van der Waals surface area contributed by atoms with Crippen molar-refractivity contribution >= 4 is 44.3 Å². The predicted molar refractivity (Wildman–Crippen MR) is 170 cm³/mol. The Morgan fingerprint density at radius 1 is 1.09 bits per heavy atom. The summed E-state index contributed by atoms with van der Waals surface area (Å²) in [6, 6.07) is 19.6. The molecule has 0 saturated carbocycles. The molecule has 2 aromatic carbocycles. The molecule has 1 aliphatic heterocycles. The predicted octanol–water partition coefficient (Wildman–Crippen LogP) is 5.86. The van der Waals surface area contributed by atoms with Gasteiger partial charge in [0, 0.05) is 40.0 Å². The topological polar surface area (TPSA) is 109 Å². The van der Waals surface area contributed by atoms with Crippen molar-refractivity contribution in [3.05, 3.63) is 96.1 Å². The van der Waals surface area contributed by atoms with Gasteiger partial charge in [-0.25, -0.2) is 14.4 Å². The number of rotatable bonds is 6. The third-order valence-corrected chi connectivity index (χ3v) is 9.17. The van der Waals surface area contributed by atoms with Crippen LogP contribution >= 0.6 is 11.3 Å². The highest BCUT2D eigenvalue weighted by molar-refractivity contribution is 7.22. The first-order valence-corrected chi connectivity index (χ1v) is 15.3. The highest BCUT2D eigenvalue weighted by atomic mass is 32.1. The average Bonchev–Trinajstić information content (AvgIpc) is 3.67. The number of hydrogen-bond donors (Lipinski definition) is 2. The van der Waals surface area contributed by atoms with Crippen molar-refractivity contribution in [3.63, 3.8) is 0 Å². The molecule has 1 atom stereocenters. The van der Waals surface area contributed by atoms with Gasteiger partial charge in [0.1, 0.15) is 17.2 Å². The zero-order valence-electron chi connectivity index (χ0n) is 24.2. The summed E-state index contributed by atoms with van der Waals surface area (Å²) in [5, 5.41) is 22.8. The highest BCUT2D eigenvalue weighted by Crippen LogP contribution is 2.39. The van der Waals surface area contributed by atoms with Gasteiger partial charge in [-0.1, -0.05) is 29.5 Å². The summed E-state index contributed by atoms with van der Waals surface area (Å²) in [6.07, 6.45) is 4.98. The van der Waals surface area contributed by atoms with E-state index in [1.54, 1.807) is 60.7 Å². The third kappa shape index (κ3) is 5.12. The number of aromatic nitrogens is 5. The van der Waals surface area contributed by atoms with E-state index in [1.807, 2.05) is 36.4 Å². The van der Waals surface area contributed by atoms with E-state index in [0.29, 0.717) is 29.2 Å². The van der Waals surface area contributed by atoms with E-state index in [-0.39, 0.29) is 11.6 Å². The number of carbonyl (C=O) groups excluding carboxylic acids is 1. The molecule has 0 aliphatic carbocycles. The lowest BCUT2D eigenvalue weighted by molar-refractivity contribution is 0.0786. The van der Waals surface area contributed by atoms with Gasteiger partial charge in [0.2, 0.25) is 0 Å². The average molecular weight is 608 g/mol. The molecule has 6 aromatic rings. The third-order valence-electron chi connectivity index (χ3n) is 8.02. The van der Waals surface area contributed by atoms with Crippen LogP contribution in [-0.2, 0) is 5.60 Å². The Balaban J connectivity index is 1.28. The van der Waals surface area contributed by atoms with Crippen LogP contribution in [0, 0.1) is 5.82 Å². The number of aliphatic hydroxyl groups is 1. The van der Waals surface area contributed by atoms with E-state index >= 15 is 4.39 Å². The lowest BCUT2D eigenvalue weighted by atomic mass is 9.97. The number of halogens is 1. The molecule has 1 aliphatic rings. The van der Waals surface area contributed by atoms with Crippen LogP contribution in [0.15, 0.2) is 79.1 Å². The van der Waals surface area contributed by atoms with Gasteiger partial charge < -0.3 is 10.4 Å². The minimum atomic E-state index is -0.932. The second-order valence-electron chi connectivity index (χ2n) is 11.5. The number of anilines is 1. The number of carbonyl (C=O) groups is 1. The van der Waals surface area contributed by atoms with E-state index in [2.05, 4.69) is 20.6 Å². The fourth-order valence-corrected chi connectivity index (χ4v) is 6.75. The monoisotopic (exact) mass is 607 g/mol. The number of fused-ring (bicyclic) bond motifs is 2. The summed E-state index contributed by atoms with van der Waals surface area (Å²) in [7, 11) is 0.